The van der Waals surface area contributed by atoms with Crippen LogP contribution in [0.5, 0.6) is 5.75 Å². The second-order valence-electron chi connectivity index (χ2n) is 8.95. The van der Waals surface area contributed by atoms with E-state index in [0.29, 0.717) is 50.7 Å². The number of piperidine rings is 1. The van der Waals surface area contributed by atoms with Crippen molar-refractivity contribution in [2.24, 2.45) is 0 Å². The van der Waals surface area contributed by atoms with E-state index >= 15 is 0 Å². The molecule has 13 heteroatoms. The third-order valence-corrected chi connectivity index (χ3v) is 10.6. The molecule has 2 heterocycles. The van der Waals surface area contributed by atoms with E-state index in [-0.39, 0.29) is 28.8 Å². The van der Waals surface area contributed by atoms with E-state index in [1.54, 1.807) is 23.1 Å². The van der Waals surface area contributed by atoms with Crippen molar-refractivity contribution in [2.45, 2.75) is 33.9 Å². The number of morpholine rings is 1. The van der Waals surface area contributed by atoms with E-state index in [2.05, 4.69) is 4.72 Å². The van der Waals surface area contributed by atoms with Gasteiger partial charge >= 0.3 is 0 Å². The smallest absolute Gasteiger partial charge is 0.255 e. The second kappa shape index (κ2) is 12.8. The quantitative estimate of drug-likeness (QED) is 0.334. The Morgan fingerprint density at radius 3 is 2.26 bits per heavy atom. The number of hydrogen-bond donors (Lipinski definition) is 1. The molecule has 0 aliphatic carbocycles. The molecule has 2 aromatic rings. The molecule has 2 saturated heterocycles. The van der Waals surface area contributed by atoms with Gasteiger partial charge in [0, 0.05) is 37.6 Å². The Balaban J connectivity index is 1.34. The zero-order valence-corrected chi connectivity index (χ0v) is 23.7. The van der Waals surface area contributed by atoms with Crippen LogP contribution in [0.25, 0.3) is 0 Å². The summed E-state index contributed by atoms with van der Waals surface area (Å²) in [6.45, 7) is 2.76. The predicted molar refractivity (Wildman–Crippen MR) is 145 cm³/mol. The molecule has 2 aliphatic rings. The molecular weight excluding hydrogens is 550 g/mol. The van der Waals surface area contributed by atoms with E-state index in [1.165, 1.54) is 40.3 Å². The minimum atomic E-state index is -3.87. The van der Waals surface area contributed by atoms with E-state index < -0.39 is 20.0 Å². The average molecular weight is 584 g/mol. The average Bonchev–Trinajstić information content (AvgIpc) is 2.95. The van der Waals surface area contributed by atoms with Crippen LogP contribution in [0.4, 0.5) is 0 Å². The number of amides is 1. The van der Waals surface area contributed by atoms with Gasteiger partial charge in [-0.15, -0.1) is 11.8 Å². The van der Waals surface area contributed by atoms with Crippen molar-refractivity contribution in [3.8, 4) is 5.75 Å². The normalized spacial score (nSPS) is 17.3. The van der Waals surface area contributed by atoms with Crippen LogP contribution < -0.4 is 9.46 Å². The van der Waals surface area contributed by atoms with E-state index in [4.69, 9.17) is 9.47 Å². The molecule has 38 heavy (non-hydrogen) atoms. The number of benzene rings is 2. The largest absolute Gasteiger partial charge is 0.492 e. The summed E-state index contributed by atoms with van der Waals surface area (Å²) in [5.74, 6) is 0.275. The highest BCUT2D eigenvalue weighted by Gasteiger charge is 2.26. The van der Waals surface area contributed by atoms with Crippen LogP contribution in [-0.2, 0) is 24.8 Å². The second-order valence-corrected chi connectivity index (χ2v) is 13.5. The summed E-state index contributed by atoms with van der Waals surface area (Å²) in [4.78, 5) is 15.8. The van der Waals surface area contributed by atoms with Gasteiger partial charge in [-0.05, 0) is 68.0 Å². The topological polar surface area (TPSA) is 122 Å². The number of ether oxygens (including phenoxy) is 2. The minimum absolute atomic E-state index is 0.00412. The van der Waals surface area contributed by atoms with Gasteiger partial charge in [0.1, 0.15) is 12.4 Å². The molecule has 4 rings (SSSR count). The molecule has 2 aliphatic heterocycles. The van der Waals surface area contributed by atoms with Gasteiger partial charge in [-0.2, -0.15) is 4.31 Å². The number of nitrogens with zero attached hydrogens (tertiary/aromatic N) is 2. The summed E-state index contributed by atoms with van der Waals surface area (Å²) in [7, 11) is -7.47. The molecule has 0 aromatic heterocycles. The van der Waals surface area contributed by atoms with Crippen molar-refractivity contribution in [1.82, 2.24) is 13.9 Å². The van der Waals surface area contributed by atoms with E-state index in [0.717, 1.165) is 24.2 Å². The van der Waals surface area contributed by atoms with Crippen LogP contribution in [-0.4, -0.2) is 90.7 Å². The predicted octanol–water partition coefficient (Wildman–Crippen LogP) is 2.41. The molecule has 0 atom stereocenters. The molecule has 1 amide bonds. The Kier molecular flexibility index (Phi) is 9.71. The zero-order valence-electron chi connectivity index (χ0n) is 21.3. The van der Waals surface area contributed by atoms with Crippen LogP contribution >= 0.6 is 11.8 Å². The first-order valence-corrected chi connectivity index (χ1v) is 16.6. The number of carbonyl (C=O) groups excluding carboxylic acids is 1. The molecule has 0 spiro atoms. The van der Waals surface area contributed by atoms with Gasteiger partial charge in [0.2, 0.25) is 20.0 Å². The van der Waals surface area contributed by atoms with Gasteiger partial charge in [-0.25, -0.2) is 21.6 Å². The highest BCUT2D eigenvalue weighted by atomic mass is 32.2. The maximum absolute atomic E-state index is 13.1. The van der Waals surface area contributed by atoms with Crippen molar-refractivity contribution in [3.05, 3.63) is 48.0 Å². The molecule has 0 radical (unpaired) electrons. The number of hydrogen-bond acceptors (Lipinski definition) is 8. The monoisotopic (exact) mass is 583 g/mol. The lowest BCUT2D eigenvalue weighted by Gasteiger charge is -2.27. The summed E-state index contributed by atoms with van der Waals surface area (Å²) >= 11 is 1.41. The van der Waals surface area contributed by atoms with Crippen molar-refractivity contribution in [3.63, 3.8) is 0 Å². The number of nitrogens with one attached hydrogen (secondary N) is 1. The summed E-state index contributed by atoms with van der Waals surface area (Å²) in [5.41, 5.74) is 0.394. The fourth-order valence-corrected chi connectivity index (χ4v) is 7.38. The van der Waals surface area contributed by atoms with Crippen LogP contribution in [0.2, 0.25) is 0 Å². The molecule has 2 aromatic carbocycles. The fraction of sp³-hybridized carbons (Fsp3) is 0.480. The lowest BCUT2D eigenvalue weighted by molar-refractivity contribution is 0.0720. The van der Waals surface area contributed by atoms with Gasteiger partial charge in [-0.3, -0.25) is 4.79 Å². The Bertz CT molecular complexity index is 1320. The number of carbonyl (C=O) groups is 1. The van der Waals surface area contributed by atoms with Crippen molar-refractivity contribution < 1.29 is 31.1 Å². The number of thioether (sulfide) groups is 1. The molecule has 10 nitrogen and oxygen atoms in total. The summed E-state index contributed by atoms with van der Waals surface area (Å²) < 4.78 is 66.0. The van der Waals surface area contributed by atoms with E-state index in [9.17, 15) is 21.6 Å². The molecule has 0 saturated carbocycles. The van der Waals surface area contributed by atoms with Gasteiger partial charge in [-0.1, -0.05) is 0 Å². The SMILES string of the molecule is CSc1ccc(S(=O)(=O)NCCOc2ccc(S(=O)(=O)N3CCOCC3)cc2)cc1C(=O)N1CCCCC1. The van der Waals surface area contributed by atoms with Crippen LogP contribution in [0.15, 0.2) is 57.2 Å². The van der Waals surface area contributed by atoms with Crippen LogP contribution in [0.1, 0.15) is 29.6 Å². The first-order chi connectivity index (χ1) is 18.2. The highest BCUT2D eigenvalue weighted by Crippen LogP contribution is 2.26. The highest BCUT2D eigenvalue weighted by molar-refractivity contribution is 7.98. The summed E-state index contributed by atoms with van der Waals surface area (Å²) in [5, 5.41) is 0. The van der Waals surface area contributed by atoms with Crippen molar-refractivity contribution in [1.29, 1.82) is 0 Å². The van der Waals surface area contributed by atoms with Gasteiger partial charge in [0.05, 0.1) is 28.6 Å². The van der Waals surface area contributed by atoms with Gasteiger partial charge < -0.3 is 14.4 Å². The Morgan fingerprint density at radius 1 is 0.947 bits per heavy atom. The molecule has 0 unspecified atom stereocenters. The molecule has 208 valence electrons. The van der Waals surface area contributed by atoms with Gasteiger partial charge in [0.25, 0.3) is 5.91 Å². The minimum Gasteiger partial charge on any atom is -0.492 e. The summed E-state index contributed by atoms with van der Waals surface area (Å²) in [6, 6.07) is 10.6. The Morgan fingerprint density at radius 2 is 1.61 bits per heavy atom. The van der Waals surface area contributed by atoms with E-state index in [1.807, 2.05) is 6.26 Å². The Hall–Kier alpha value is -2.16. The number of rotatable bonds is 10. The maximum atomic E-state index is 13.1. The molecule has 2 fully saturated rings. The fourth-order valence-electron chi connectivity index (χ4n) is 4.36. The zero-order chi connectivity index (χ0) is 27.2. The maximum Gasteiger partial charge on any atom is 0.255 e. The van der Waals surface area contributed by atoms with Crippen LogP contribution in [0, 0.1) is 0 Å². The lowest BCUT2D eigenvalue weighted by Crippen LogP contribution is -2.40. The first kappa shape index (κ1) is 28.8. The standard InChI is InChI=1S/C25H33N3O7S3/c1-36-24-10-9-22(19-23(24)25(29)27-12-3-2-4-13-27)37(30,31)26-11-16-35-20-5-7-21(8-6-20)38(32,33)28-14-17-34-18-15-28/h5-10,19,26H,2-4,11-18H2,1H3. The van der Waals surface area contributed by atoms with Gasteiger partial charge in [0.15, 0.2) is 0 Å². The molecule has 1 N–H and O–H groups in total. The summed E-state index contributed by atoms with van der Waals surface area (Å²) in [6.07, 6.45) is 4.85. The van der Waals surface area contributed by atoms with Crippen LogP contribution in [0.3, 0.4) is 0 Å². The number of sulfonamides is 2. The van der Waals surface area contributed by atoms with Crippen molar-refractivity contribution >= 4 is 37.7 Å². The van der Waals surface area contributed by atoms with Crippen molar-refractivity contribution in [2.75, 3.05) is 58.8 Å². The molecule has 0 bridgehead atoms. The third kappa shape index (κ3) is 6.88. The lowest BCUT2D eigenvalue weighted by atomic mass is 10.1. The third-order valence-electron chi connectivity index (χ3n) is 6.45. The molecular formula is C25H33N3O7S3. The number of likely N-dealkylation sites (tertiary alicyclic amines) is 1. The Labute approximate surface area is 228 Å². The first-order valence-electron chi connectivity index (χ1n) is 12.5.